The predicted octanol–water partition coefficient (Wildman–Crippen LogP) is 1.49. The summed E-state index contributed by atoms with van der Waals surface area (Å²) in [4.78, 5) is 4.11. The zero-order chi connectivity index (χ0) is 14.4. The van der Waals surface area contributed by atoms with Crippen LogP contribution in [0.4, 0.5) is 11.4 Å². The molecule has 0 heterocycles. The van der Waals surface area contributed by atoms with Crippen molar-refractivity contribution >= 4 is 17.3 Å². The summed E-state index contributed by atoms with van der Waals surface area (Å²) in [5.74, 6) is -0.180. The maximum Gasteiger partial charge on any atom is 0.0620 e. The molecule has 0 saturated heterocycles. The van der Waals surface area contributed by atoms with E-state index in [-0.39, 0.29) is 11.9 Å². The van der Waals surface area contributed by atoms with Gasteiger partial charge in [-0.15, -0.1) is 0 Å². The molecule has 0 aliphatic rings. The van der Waals surface area contributed by atoms with Crippen LogP contribution in [0.3, 0.4) is 0 Å². The van der Waals surface area contributed by atoms with Crippen LogP contribution in [-0.2, 0) is 6.42 Å². The summed E-state index contributed by atoms with van der Waals surface area (Å²) in [6, 6.07) is 16.5. The molecule has 0 aromatic heterocycles. The number of nitrogens with two attached hydrogens (primary N) is 1. The lowest BCUT2D eigenvalue weighted by Gasteiger charge is -2.22. The Kier molecular flexibility index (Phi) is 4.74. The second-order valence-electron chi connectivity index (χ2n) is 4.57. The van der Waals surface area contributed by atoms with E-state index < -0.39 is 0 Å². The Morgan fingerprint density at radius 1 is 1.15 bits per heavy atom. The SMILES string of the molecule is CN[C@@H](Cc1ccccc1)C([O-])=Nc1ccc(N)cc1. The topological polar surface area (TPSA) is 73.5 Å². The van der Waals surface area contributed by atoms with Gasteiger partial charge in [0, 0.05) is 11.7 Å². The van der Waals surface area contributed by atoms with E-state index in [0.717, 1.165) is 5.56 Å². The highest BCUT2D eigenvalue weighted by atomic mass is 16.3. The molecule has 0 amide bonds. The van der Waals surface area contributed by atoms with Gasteiger partial charge in [-0.1, -0.05) is 30.3 Å². The maximum absolute atomic E-state index is 12.2. The second-order valence-corrected chi connectivity index (χ2v) is 4.57. The van der Waals surface area contributed by atoms with Crippen LogP contribution < -0.4 is 16.2 Å². The quantitative estimate of drug-likeness (QED) is 0.490. The molecule has 1 atom stereocenters. The summed E-state index contributed by atoms with van der Waals surface area (Å²) in [6.07, 6.45) is 0.620. The summed E-state index contributed by atoms with van der Waals surface area (Å²) in [6.45, 7) is 0. The smallest absolute Gasteiger partial charge is 0.0620 e. The Morgan fingerprint density at radius 2 is 1.80 bits per heavy atom. The number of aliphatic imine (C=N–C) groups is 1. The summed E-state index contributed by atoms with van der Waals surface area (Å²) in [5.41, 5.74) is 7.99. The van der Waals surface area contributed by atoms with Crippen molar-refractivity contribution in [2.45, 2.75) is 12.5 Å². The van der Waals surface area contributed by atoms with Crippen LogP contribution in [-0.4, -0.2) is 19.0 Å². The highest BCUT2D eigenvalue weighted by Crippen LogP contribution is 2.14. The van der Waals surface area contributed by atoms with Crippen LogP contribution in [0.1, 0.15) is 5.56 Å². The molecular formula is C16H18N3O-. The first kappa shape index (κ1) is 14.1. The molecule has 0 spiro atoms. The fourth-order valence-electron chi connectivity index (χ4n) is 1.92. The molecule has 20 heavy (non-hydrogen) atoms. The fraction of sp³-hybridized carbons (Fsp3) is 0.188. The number of rotatable bonds is 5. The van der Waals surface area contributed by atoms with Crippen molar-refractivity contribution in [1.29, 1.82) is 0 Å². The van der Waals surface area contributed by atoms with Gasteiger partial charge in [-0.2, -0.15) is 0 Å². The third-order valence-electron chi connectivity index (χ3n) is 3.06. The van der Waals surface area contributed by atoms with Gasteiger partial charge in [0.1, 0.15) is 0 Å². The van der Waals surface area contributed by atoms with Gasteiger partial charge in [0.15, 0.2) is 0 Å². The maximum atomic E-state index is 12.2. The molecule has 3 N–H and O–H groups in total. The number of hydrogen-bond donors (Lipinski definition) is 2. The van der Waals surface area contributed by atoms with Crippen LogP contribution in [0.15, 0.2) is 59.6 Å². The third-order valence-corrected chi connectivity index (χ3v) is 3.06. The van der Waals surface area contributed by atoms with Gasteiger partial charge in [-0.05, 0) is 49.2 Å². The Hall–Kier alpha value is -2.33. The predicted molar refractivity (Wildman–Crippen MR) is 80.9 cm³/mol. The van der Waals surface area contributed by atoms with Crippen LogP contribution in [0, 0.1) is 0 Å². The molecule has 0 radical (unpaired) electrons. The van der Waals surface area contributed by atoms with E-state index in [4.69, 9.17) is 5.73 Å². The summed E-state index contributed by atoms with van der Waals surface area (Å²) in [5, 5.41) is 15.2. The zero-order valence-corrected chi connectivity index (χ0v) is 11.4. The van der Waals surface area contributed by atoms with Gasteiger partial charge < -0.3 is 16.2 Å². The number of benzene rings is 2. The largest absolute Gasteiger partial charge is 0.861 e. The van der Waals surface area contributed by atoms with Crippen molar-refractivity contribution in [3.63, 3.8) is 0 Å². The number of nitrogen functional groups attached to an aromatic ring is 1. The summed E-state index contributed by atoms with van der Waals surface area (Å²) >= 11 is 0. The van der Waals surface area contributed by atoms with E-state index in [1.165, 1.54) is 0 Å². The molecule has 4 nitrogen and oxygen atoms in total. The molecule has 0 bridgehead atoms. The molecule has 2 aromatic rings. The van der Waals surface area contributed by atoms with Crippen LogP contribution in [0.25, 0.3) is 0 Å². The van der Waals surface area contributed by atoms with E-state index in [1.54, 1.807) is 31.3 Å². The lowest BCUT2D eigenvalue weighted by atomic mass is 10.1. The van der Waals surface area contributed by atoms with Crippen LogP contribution in [0.5, 0.6) is 0 Å². The van der Waals surface area contributed by atoms with E-state index in [9.17, 15) is 5.11 Å². The first-order valence-corrected chi connectivity index (χ1v) is 6.51. The van der Waals surface area contributed by atoms with Crippen molar-refractivity contribution < 1.29 is 5.11 Å². The van der Waals surface area contributed by atoms with Gasteiger partial charge in [0.25, 0.3) is 0 Å². The molecule has 0 aliphatic carbocycles. The summed E-state index contributed by atoms with van der Waals surface area (Å²) < 4.78 is 0. The fourth-order valence-corrected chi connectivity index (χ4v) is 1.92. The van der Waals surface area contributed by atoms with Crippen molar-refractivity contribution in [3.05, 3.63) is 60.2 Å². The lowest BCUT2D eigenvalue weighted by Crippen LogP contribution is -2.43. The molecule has 0 aliphatic heterocycles. The van der Waals surface area contributed by atoms with Crippen LogP contribution >= 0.6 is 0 Å². The minimum absolute atomic E-state index is 0.180. The minimum atomic E-state index is -0.324. The van der Waals surface area contributed by atoms with E-state index in [2.05, 4.69) is 10.3 Å². The van der Waals surface area contributed by atoms with Gasteiger partial charge in [-0.3, -0.25) is 4.99 Å². The highest BCUT2D eigenvalue weighted by molar-refractivity contribution is 5.81. The number of nitrogens with zero attached hydrogens (tertiary/aromatic N) is 1. The number of anilines is 1. The molecule has 0 unspecified atom stereocenters. The van der Waals surface area contributed by atoms with E-state index in [0.29, 0.717) is 17.8 Å². The van der Waals surface area contributed by atoms with E-state index >= 15 is 0 Å². The number of likely N-dealkylation sites (N-methyl/N-ethyl adjacent to an activating group) is 1. The number of hydrogen-bond acceptors (Lipinski definition) is 4. The van der Waals surface area contributed by atoms with Gasteiger partial charge >= 0.3 is 0 Å². The van der Waals surface area contributed by atoms with Crippen molar-refractivity contribution in [1.82, 2.24) is 5.32 Å². The van der Waals surface area contributed by atoms with Gasteiger partial charge in [-0.25, -0.2) is 0 Å². The first-order valence-electron chi connectivity index (χ1n) is 6.51. The molecule has 104 valence electrons. The molecule has 2 aromatic carbocycles. The Labute approximate surface area is 119 Å². The van der Waals surface area contributed by atoms with Gasteiger partial charge in [0.2, 0.25) is 0 Å². The zero-order valence-electron chi connectivity index (χ0n) is 11.4. The molecule has 2 rings (SSSR count). The van der Waals surface area contributed by atoms with Crippen molar-refractivity contribution in [3.8, 4) is 0 Å². The Morgan fingerprint density at radius 3 is 2.40 bits per heavy atom. The monoisotopic (exact) mass is 268 g/mol. The van der Waals surface area contributed by atoms with E-state index in [1.807, 2.05) is 30.3 Å². The Bertz CT molecular complexity index is 564. The average molecular weight is 268 g/mol. The lowest BCUT2D eigenvalue weighted by molar-refractivity contribution is -0.220. The molecular weight excluding hydrogens is 250 g/mol. The summed E-state index contributed by atoms with van der Waals surface area (Å²) in [7, 11) is 1.77. The third kappa shape index (κ3) is 3.83. The molecule has 0 saturated carbocycles. The highest BCUT2D eigenvalue weighted by Gasteiger charge is 2.07. The standard InChI is InChI=1S/C16H19N3O/c1-18-15(11-12-5-3-2-4-6-12)16(20)19-14-9-7-13(17)8-10-14/h2-10,15,18H,11,17H2,1H3,(H,19,20)/p-1/t15-/m0/s1. The first-order chi connectivity index (χ1) is 9.69. The molecule has 0 fully saturated rings. The Balaban J connectivity index is 2.12. The number of nitrogens with one attached hydrogen (secondary N) is 1. The van der Waals surface area contributed by atoms with Crippen molar-refractivity contribution in [2.75, 3.05) is 12.8 Å². The van der Waals surface area contributed by atoms with Crippen molar-refractivity contribution in [2.24, 2.45) is 4.99 Å². The second kappa shape index (κ2) is 6.73. The molecule has 4 heteroatoms. The van der Waals surface area contributed by atoms with Gasteiger partial charge in [0.05, 0.1) is 5.69 Å². The minimum Gasteiger partial charge on any atom is -0.861 e. The average Bonchev–Trinajstić information content (AvgIpc) is 2.48. The van der Waals surface area contributed by atoms with Crippen LogP contribution in [0.2, 0.25) is 0 Å². The normalized spacial score (nSPS) is 13.2.